The molecule has 0 unspecified atom stereocenters. The fourth-order valence-corrected chi connectivity index (χ4v) is 11.8. The van der Waals surface area contributed by atoms with Gasteiger partial charge in [-0.15, -0.1) is 0 Å². The second-order valence-electron chi connectivity index (χ2n) is 16.6. The number of hydrogen-bond acceptors (Lipinski definition) is 4. The maximum atomic E-state index is 16.9. The number of benzene rings is 10. The average molecular weight is 946 g/mol. The lowest BCUT2D eigenvalue weighted by atomic mass is 9.89. The Labute approximate surface area is 397 Å². The van der Waals surface area contributed by atoms with Crippen molar-refractivity contribution < 1.29 is 30.9 Å². The molecule has 0 aliphatic carbocycles. The minimum Gasteiger partial charge on any atom is -0.309 e. The van der Waals surface area contributed by atoms with Crippen molar-refractivity contribution in [1.29, 1.82) is 0 Å². The van der Waals surface area contributed by atoms with Crippen molar-refractivity contribution in [3.05, 3.63) is 241 Å². The van der Waals surface area contributed by atoms with E-state index in [1.807, 2.05) is 84.9 Å². The normalized spacial score (nSPS) is 11.6. The van der Waals surface area contributed by atoms with E-state index >= 15 is 22.1 Å². The average Bonchev–Trinajstić information content (AvgIpc) is 3.41. The smallest absolute Gasteiger partial charge is 0.171 e. The lowest BCUT2D eigenvalue weighted by Gasteiger charge is -2.21. The Morgan fingerprint density at radius 2 is 0.657 bits per heavy atom. The highest BCUT2D eigenvalue weighted by atomic mass is 31.2. The molecule has 0 saturated heterocycles. The highest BCUT2D eigenvalue weighted by Crippen LogP contribution is 2.46. The van der Waals surface area contributed by atoms with Crippen molar-refractivity contribution in [3.63, 3.8) is 0 Å². The van der Waals surface area contributed by atoms with Crippen LogP contribution in [0.2, 0.25) is 0 Å². The van der Waals surface area contributed by atoms with Crippen LogP contribution >= 0.6 is 7.14 Å². The third kappa shape index (κ3) is 7.63. The van der Waals surface area contributed by atoms with Crippen LogP contribution in [0.1, 0.15) is 0 Å². The Balaban J connectivity index is 1.02. The molecule has 11 aromatic rings. The Morgan fingerprint density at radius 3 is 1.11 bits per heavy atom. The van der Waals surface area contributed by atoms with E-state index in [4.69, 9.17) is 9.97 Å². The number of aromatic nitrogens is 3. The molecule has 0 bridgehead atoms. The molecule has 0 saturated carbocycles. The summed E-state index contributed by atoms with van der Waals surface area (Å²) in [6.45, 7) is 0. The van der Waals surface area contributed by atoms with Gasteiger partial charge in [-0.05, 0) is 104 Å². The van der Waals surface area contributed by atoms with Crippen molar-refractivity contribution >= 4 is 44.6 Å². The molecular formula is C59H34F6N3OP. The van der Waals surface area contributed by atoms with Gasteiger partial charge < -0.3 is 4.57 Å². The van der Waals surface area contributed by atoms with E-state index in [0.29, 0.717) is 59.9 Å². The molecule has 10 aromatic carbocycles. The van der Waals surface area contributed by atoms with E-state index < -0.39 is 53.2 Å². The Hall–Kier alpha value is -8.46. The molecule has 0 fully saturated rings. The van der Waals surface area contributed by atoms with Crippen LogP contribution in [0, 0.1) is 34.9 Å². The zero-order valence-electron chi connectivity index (χ0n) is 36.6. The molecule has 4 nitrogen and oxygen atoms in total. The van der Waals surface area contributed by atoms with Gasteiger partial charge in [0.1, 0.15) is 11.6 Å². The van der Waals surface area contributed by atoms with Gasteiger partial charge in [0.15, 0.2) is 47.9 Å². The molecule has 0 atom stereocenters. The van der Waals surface area contributed by atoms with Crippen molar-refractivity contribution in [2.75, 3.05) is 0 Å². The van der Waals surface area contributed by atoms with Crippen LogP contribution in [0.4, 0.5) is 26.3 Å². The Kier molecular flexibility index (Phi) is 11.3. The van der Waals surface area contributed by atoms with Crippen LogP contribution in [0.25, 0.3) is 89.1 Å². The first-order chi connectivity index (χ1) is 34.1. The summed E-state index contributed by atoms with van der Waals surface area (Å²) in [7, 11) is -3.37. The molecule has 1 aromatic heterocycles. The van der Waals surface area contributed by atoms with Crippen molar-refractivity contribution in [2.45, 2.75) is 0 Å². The molecule has 1 heterocycles. The predicted octanol–water partition coefficient (Wildman–Crippen LogP) is 14.7. The van der Waals surface area contributed by atoms with Crippen LogP contribution < -0.4 is 15.9 Å². The fraction of sp³-hybridized carbons (Fsp3) is 0. The van der Waals surface area contributed by atoms with Gasteiger partial charge in [0.25, 0.3) is 0 Å². The summed E-state index contributed by atoms with van der Waals surface area (Å²) in [5.74, 6) is -6.85. The maximum absolute atomic E-state index is 16.9. The van der Waals surface area contributed by atoms with Crippen molar-refractivity contribution in [3.8, 4) is 67.5 Å². The summed E-state index contributed by atoms with van der Waals surface area (Å²) in [6.07, 6.45) is 0. The van der Waals surface area contributed by atoms with Gasteiger partial charge in [-0.1, -0.05) is 146 Å². The van der Waals surface area contributed by atoms with E-state index in [0.717, 1.165) is 0 Å². The number of halogens is 6. The lowest BCUT2D eigenvalue weighted by Crippen LogP contribution is -2.25. The molecule has 0 aliphatic heterocycles. The van der Waals surface area contributed by atoms with Crippen LogP contribution in [0.5, 0.6) is 0 Å². The van der Waals surface area contributed by atoms with E-state index in [9.17, 15) is 8.78 Å². The van der Waals surface area contributed by atoms with E-state index in [-0.39, 0.29) is 34.0 Å². The fourth-order valence-electron chi connectivity index (χ4n) is 9.13. The SMILES string of the molecule is O=P(c1ccccc1)(c1ccccc1)c1cccc(-c2ccc(-c3c(F)c(F)c(-c4ccc(-c5nc(-c6ccc(F)cc6)nc(-c6ccc(F)cc6)n5)c5ccccc45)c(F)c3F)c3ccccc23)c1. The molecule has 338 valence electrons. The monoisotopic (exact) mass is 945 g/mol. The highest BCUT2D eigenvalue weighted by molar-refractivity contribution is 7.85. The summed E-state index contributed by atoms with van der Waals surface area (Å²) < 4.78 is 111. The standard InChI is InChI=1S/C59H34F6N3OP/c60-38-26-22-35(23-27-38)57-66-58(36-24-28-39(61)29-25-36)68-59(67-57)50-33-32-49(46-20-9-10-21-47(46)50)52-55(64)53(62)51(54(63)56(52)65)48-31-30-43(44-18-7-8-19-45(44)48)37-12-11-17-42(34-37)70(69,40-13-3-1-4-14-40)41-15-5-2-6-16-41/h1-34H. The Bertz CT molecular complexity index is 3740. The highest BCUT2D eigenvalue weighted by Gasteiger charge is 2.32. The van der Waals surface area contributed by atoms with Gasteiger partial charge >= 0.3 is 0 Å². The van der Waals surface area contributed by atoms with E-state index in [1.54, 1.807) is 54.6 Å². The molecule has 0 aliphatic rings. The quantitative estimate of drug-likeness (QED) is 0.0822. The summed E-state index contributed by atoms with van der Waals surface area (Å²) in [5, 5.41) is 3.37. The van der Waals surface area contributed by atoms with Gasteiger partial charge in [0.2, 0.25) is 0 Å². The van der Waals surface area contributed by atoms with Gasteiger partial charge in [-0.3, -0.25) is 0 Å². The van der Waals surface area contributed by atoms with Gasteiger partial charge in [-0.25, -0.2) is 41.3 Å². The summed E-state index contributed by atoms with van der Waals surface area (Å²) in [5.41, 5.74) is 0.624. The Morgan fingerprint density at radius 1 is 0.300 bits per heavy atom. The van der Waals surface area contributed by atoms with Crippen molar-refractivity contribution in [2.24, 2.45) is 0 Å². The second-order valence-corrected chi connectivity index (χ2v) is 19.3. The number of rotatable bonds is 9. The molecule has 11 heteroatoms. The zero-order valence-corrected chi connectivity index (χ0v) is 37.5. The molecule has 70 heavy (non-hydrogen) atoms. The first-order valence-electron chi connectivity index (χ1n) is 22.1. The number of hydrogen-bond donors (Lipinski definition) is 0. The van der Waals surface area contributed by atoms with Gasteiger partial charge in [0, 0.05) is 32.6 Å². The third-order valence-electron chi connectivity index (χ3n) is 12.5. The van der Waals surface area contributed by atoms with Crippen LogP contribution in [-0.2, 0) is 4.57 Å². The number of nitrogens with zero attached hydrogens (tertiary/aromatic N) is 3. The van der Waals surface area contributed by atoms with Gasteiger partial charge in [-0.2, -0.15) is 0 Å². The third-order valence-corrected chi connectivity index (χ3v) is 15.5. The number of fused-ring (bicyclic) bond motifs is 2. The van der Waals surface area contributed by atoms with Crippen molar-refractivity contribution in [1.82, 2.24) is 15.0 Å². The maximum Gasteiger partial charge on any atom is 0.171 e. The minimum absolute atomic E-state index is 0.0712. The summed E-state index contributed by atoms with van der Waals surface area (Å²) in [4.78, 5) is 14.0. The van der Waals surface area contributed by atoms with Gasteiger partial charge in [0.05, 0.1) is 11.1 Å². The van der Waals surface area contributed by atoms with Crippen LogP contribution in [0.15, 0.2) is 206 Å². The minimum atomic E-state index is -3.37. The molecule has 11 rings (SSSR count). The summed E-state index contributed by atoms with van der Waals surface area (Å²) in [6, 6.07) is 56.1. The first kappa shape index (κ1) is 44.1. The zero-order chi connectivity index (χ0) is 48.1. The predicted molar refractivity (Wildman–Crippen MR) is 267 cm³/mol. The molecule has 0 radical (unpaired) electrons. The van der Waals surface area contributed by atoms with E-state index in [1.165, 1.54) is 66.7 Å². The molecular weight excluding hydrogens is 912 g/mol. The molecule has 0 N–H and O–H groups in total. The largest absolute Gasteiger partial charge is 0.309 e. The summed E-state index contributed by atoms with van der Waals surface area (Å²) >= 11 is 0. The lowest BCUT2D eigenvalue weighted by molar-refractivity contribution is 0.463. The van der Waals surface area contributed by atoms with Crippen LogP contribution in [-0.4, -0.2) is 15.0 Å². The van der Waals surface area contributed by atoms with E-state index in [2.05, 4.69) is 4.98 Å². The topological polar surface area (TPSA) is 55.7 Å². The first-order valence-corrected chi connectivity index (χ1v) is 23.8. The second kappa shape index (κ2) is 17.9. The van der Waals surface area contributed by atoms with Crippen LogP contribution in [0.3, 0.4) is 0 Å². The molecule has 0 spiro atoms. The molecule has 0 amide bonds.